The summed E-state index contributed by atoms with van der Waals surface area (Å²) in [6.45, 7) is 1.46. The highest BCUT2D eigenvalue weighted by Gasteiger charge is 2.18. The lowest BCUT2D eigenvalue weighted by Crippen LogP contribution is -2.42. The summed E-state index contributed by atoms with van der Waals surface area (Å²) in [5.74, 6) is -1.26. The molecular formula is C14H15Cl2NO4. The molecule has 0 radical (unpaired) electrons. The molecule has 0 heterocycles. The van der Waals surface area contributed by atoms with Crippen molar-refractivity contribution in [3.63, 3.8) is 0 Å². The van der Waals surface area contributed by atoms with E-state index in [0.717, 1.165) is 0 Å². The van der Waals surface area contributed by atoms with Gasteiger partial charge in [-0.25, -0.2) is 4.79 Å². The van der Waals surface area contributed by atoms with Crippen LogP contribution >= 0.6 is 23.2 Å². The number of aliphatic carboxylic acids is 1. The quantitative estimate of drug-likeness (QED) is 0.753. The number of benzene rings is 1. The fourth-order valence-electron chi connectivity index (χ4n) is 1.45. The van der Waals surface area contributed by atoms with Crippen LogP contribution in [0.3, 0.4) is 0 Å². The molecule has 0 spiro atoms. The van der Waals surface area contributed by atoms with Gasteiger partial charge in [0.15, 0.2) is 6.61 Å². The van der Waals surface area contributed by atoms with E-state index in [-0.39, 0.29) is 13.0 Å². The van der Waals surface area contributed by atoms with Gasteiger partial charge < -0.3 is 15.2 Å². The van der Waals surface area contributed by atoms with Crippen molar-refractivity contribution in [3.05, 3.63) is 40.4 Å². The summed E-state index contributed by atoms with van der Waals surface area (Å²) in [6.07, 6.45) is 3.59. The highest BCUT2D eigenvalue weighted by Crippen LogP contribution is 2.26. The van der Waals surface area contributed by atoms with Crippen LogP contribution in [-0.2, 0) is 9.59 Å². The Balaban J connectivity index is 2.52. The van der Waals surface area contributed by atoms with Crippen LogP contribution in [0.2, 0.25) is 10.0 Å². The van der Waals surface area contributed by atoms with E-state index < -0.39 is 17.9 Å². The molecule has 0 saturated carbocycles. The van der Waals surface area contributed by atoms with Crippen LogP contribution in [0.4, 0.5) is 0 Å². The Morgan fingerprint density at radius 2 is 2.10 bits per heavy atom. The molecule has 0 aliphatic heterocycles. The first-order chi connectivity index (χ1) is 9.93. The number of carboxylic acids is 1. The predicted molar refractivity (Wildman–Crippen MR) is 81.0 cm³/mol. The van der Waals surface area contributed by atoms with E-state index in [1.54, 1.807) is 31.2 Å². The Morgan fingerprint density at radius 1 is 1.38 bits per heavy atom. The van der Waals surface area contributed by atoms with Gasteiger partial charge in [-0.15, -0.1) is 0 Å². The summed E-state index contributed by atoms with van der Waals surface area (Å²) in [4.78, 5) is 22.6. The van der Waals surface area contributed by atoms with Gasteiger partial charge in [-0.1, -0.05) is 35.4 Å². The molecular weight excluding hydrogens is 317 g/mol. The number of amides is 1. The van der Waals surface area contributed by atoms with Crippen LogP contribution in [0.5, 0.6) is 5.75 Å². The molecule has 0 fully saturated rings. The molecule has 1 unspecified atom stereocenters. The minimum absolute atomic E-state index is 0.213. The topological polar surface area (TPSA) is 75.6 Å². The summed E-state index contributed by atoms with van der Waals surface area (Å²) in [7, 11) is 0. The molecule has 0 saturated heterocycles. The zero-order valence-corrected chi connectivity index (χ0v) is 12.8. The molecule has 114 valence electrons. The maximum absolute atomic E-state index is 11.7. The number of ether oxygens (including phenoxy) is 1. The Morgan fingerprint density at radius 3 is 2.67 bits per heavy atom. The molecule has 0 aromatic heterocycles. The van der Waals surface area contributed by atoms with Crippen molar-refractivity contribution < 1.29 is 19.4 Å². The number of allylic oxidation sites excluding steroid dienone is 1. The van der Waals surface area contributed by atoms with Crippen molar-refractivity contribution in [2.75, 3.05) is 6.61 Å². The normalized spacial score (nSPS) is 12.1. The maximum atomic E-state index is 11.7. The molecule has 1 amide bonds. The fourth-order valence-corrected chi connectivity index (χ4v) is 1.73. The van der Waals surface area contributed by atoms with Crippen molar-refractivity contribution in [2.24, 2.45) is 0 Å². The third-order valence-electron chi connectivity index (χ3n) is 2.50. The maximum Gasteiger partial charge on any atom is 0.326 e. The number of halogens is 2. The number of hydrogen-bond acceptors (Lipinski definition) is 3. The van der Waals surface area contributed by atoms with Gasteiger partial charge in [0.25, 0.3) is 5.91 Å². The van der Waals surface area contributed by atoms with E-state index >= 15 is 0 Å². The minimum atomic E-state index is -1.10. The highest BCUT2D eigenvalue weighted by molar-refractivity contribution is 6.42. The number of nitrogens with one attached hydrogen (secondary N) is 1. The molecule has 1 aromatic carbocycles. The van der Waals surface area contributed by atoms with Crippen molar-refractivity contribution >= 4 is 35.1 Å². The molecule has 0 aliphatic rings. The Kier molecular flexibility index (Phi) is 7.05. The number of carboxylic acid groups (broad SMARTS) is 1. The third kappa shape index (κ3) is 6.06. The first kappa shape index (κ1) is 17.3. The lowest BCUT2D eigenvalue weighted by molar-refractivity contribution is -0.142. The van der Waals surface area contributed by atoms with Gasteiger partial charge >= 0.3 is 5.97 Å². The van der Waals surface area contributed by atoms with E-state index in [0.29, 0.717) is 15.8 Å². The zero-order valence-electron chi connectivity index (χ0n) is 11.3. The largest absolute Gasteiger partial charge is 0.484 e. The van der Waals surface area contributed by atoms with Crippen molar-refractivity contribution in [1.82, 2.24) is 5.32 Å². The standard InChI is InChI=1S/C14H15Cl2NO4/c1-2-3-4-12(14(19)20)17-13(18)8-21-9-5-6-10(15)11(16)7-9/h2-3,5-7,12H,4,8H2,1H3,(H,17,18)(H,19,20)/b3-2+. The summed E-state index contributed by atoms with van der Waals surface area (Å²) >= 11 is 11.6. The first-order valence-corrected chi connectivity index (χ1v) is 6.90. The average molecular weight is 332 g/mol. The Hall–Kier alpha value is -1.72. The first-order valence-electron chi connectivity index (χ1n) is 6.15. The van der Waals surface area contributed by atoms with Crippen molar-refractivity contribution in [1.29, 1.82) is 0 Å². The molecule has 2 N–H and O–H groups in total. The van der Waals surface area contributed by atoms with E-state index in [1.165, 1.54) is 6.07 Å². The lowest BCUT2D eigenvalue weighted by Gasteiger charge is -2.13. The second kappa shape index (κ2) is 8.54. The van der Waals surface area contributed by atoms with Crippen LogP contribution in [-0.4, -0.2) is 29.6 Å². The molecule has 0 bridgehead atoms. The van der Waals surface area contributed by atoms with Gasteiger partial charge in [0.1, 0.15) is 11.8 Å². The lowest BCUT2D eigenvalue weighted by atomic mass is 10.2. The Labute approximate surface area is 132 Å². The molecule has 7 heteroatoms. The van der Waals surface area contributed by atoms with Crippen LogP contribution in [0.15, 0.2) is 30.4 Å². The summed E-state index contributed by atoms with van der Waals surface area (Å²) < 4.78 is 5.22. The molecule has 5 nitrogen and oxygen atoms in total. The van der Waals surface area contributed by atoms with E-state index in [1.807, 2.05) is 0 Å². The monoisotopic (exact) mass is 331 g/mol. The Bertz CT molecular complexity index is 546. The summed E-state index contributed by atoms with van der Waals surface area (Å²) in [6, 6.07) is 3.61. The summed E-state index contributed by atoms with van der Waals surface area (Å²) in [5, 5.41) is 12.0. The van der Waals surface area contributed by atoms with Gasteiger partial charge in [-0.3, -0.25) is 4.79 Å². The number of carbonyl (C=O) groups excluding carboxylic acids is 1. The van der Waals surface area contributed by atoms with Gasteiger partial charge in [0.05, 0.1) is 10.0 Å². The third-order valence-corrected chi connectivity index (χ3v) is 3.24. The molecule has 1 aromatic rings. The number of carbonyl (C=O) groups is 2. The zero-order chi connectivity index (χ0) is 15.8. The highest BCUT2D eigenvalue weighted by atomic mass is 35.5. The van der Waals surface area contributed by atoms with Crippen molar-refractivity contribution in [2.45, 2.75) is 19.4 Å². The second-order valence-electron chi connectivity index (χ2n) is 4.13. The van der Waals surface area contributed by atoms with Crippen molar-refractivity contribution in [3.8, 4) is 5.75 Å². The average Bonchev–Trinajstić information content (AvgIpc) is 2.44. The number of hydrogen-bond donors (Lipinski definition) is 2. The number of rotatable bonds is 7. The van der Waals surface area contributed by atoms with Gasteiger partial charge in [0, 0.05) is 6.07 Å². The SMILES string of the molecule is C/C=C/CC(NC(=O)COc1ccc(Cl)c(Cl)c1)C(=O)O. The molecule has 1 rings (SSSR count). The van der Waals surface area contributed by atoms with Gasteiger partial charge in [-0.2, -0.15) is 0 Å². The molecule has 21 heavy (non-hydrogen) atoms. The smallest absolute Gasteiger partial charge is 0.326 e. The minimum Gasteiger partial charge on any atom is -0.484 e. The van der Waals surface area contributed by atoms with E-state index in [2.05, 4.69) is 5.32 Å². The van der Waals surface area contributed by atoms with Crippen LogP contribution in [0.25, 0.3) is 0 Å². The fraction of sp³-hybridized carbons (Fsp3) is 0.286. The van der Waals surface area contributed by atoms with E-state index in [4.69, 9.17) is 33.0 Å². The molecule has 1 atom stereocenters. The molecule has 0 aliphatic carbocycles. The van der Waals surface area contributed by atoms with Crippen LogP contribution in [0.1, 0.15) is 13.3 Å². The predicted octanol–water partition coefficient (Wildman–Crippen LogP) is 2.91. The van der Waals surface area contributed by atoms with Crippen LogP contribution in [0, 0.1) is 0 Å². The second-order valence-corrected chi connectivity index (χ2v) is 4.94. The van der Waals surface area contributed by atoms with Crippen LogP contribution < -0.4 is 10.1 Å². The van der Waals surface area contributed by atoms with Gasteiger partial charge in [0.2, 0.25) is 0 Å². The van der Waals surface area contributed by atoms with E-state index in [9.17, 15) is 9.59 Å². The summed E-state index contributed by atoms with van der Waals surface area (Å²) in [5.41, 5.74) is 0. The van der Waals surface area contributed by atoms with Gasteiger partial charge in [-0.05, 0) is 25.5 Å².